The molecule has 0 aromatic heterocycles. The molecule has 0 saturated carbocycles. The van der Waals surface area contributed by atoms with E-state index < -0.39 is 12.2 Å². The molecule has 1 atom stereocenters. The summed E-state index contributed by atoms with van der Waals surface area (Å²) in [5.41, 5.74) is 0.885. The number of hydrogen-bond acceptors (Lipinski definition) is 1. The first-order valence-corrected chi connectivity index (χ1v) is 4.72. The molecule has 0 aliphatic heterocycles. The van der Waals surface area contributed by atoms with E-state index in [1.807, 2.05) is 30.3 Å². The predicted molar refractivity (Wildman–Crippen MR) is 53.4 cm³/mol. The average molecular weight is 217 g/mol. The van der Waals surface area contributed by atoms with Crippen molar-refractivity contribution < 1.29 is 13.2 Å². The van der Waals surface area contributed by atoms with Crippen molar-refractivity contribution in [3.63, 3.8) is 0 Å². The van der Waals surface area contributed by atoms with E-state index in [9.17, 15) is 13.2 Å². The van der Waals surface area contributed by atoms with Crippen LogP contribution in [0.25, 0.3) is 0 Å². The maximum Gasteiger partial charge on any atom is 0.403 e. The Morgan fingerprint density at radius 3 is 2.20 bits per heavy atom. The maximum absolute atomic E-state index is 12.4. The maximum atomic E-state index is 12.4. The average Bonchev–Trinajstić information content (AvgIpc) is 2.16. The van der Waals surface area contributed by atoms with Gasteiger partial charge in [0.2, 0.25) is 0 Å². The van der Waals surface area contributed by atoms with Gasteiger partial charge in [-0.1, -0.05) is 30.3 Å². The normalized spacial score (nSPS) is 14.3. The smallest absolute Gasteiger partial charge is 0.291 e. The second-order valence-electron chi connectivity index (χ2n) is 3.62. The minimum atomic E-state index is -4.16. The van der Waals surface area contributed by atoms with Gasteiger partial charge in [0.15, 0.2) is 0 Å². The lowest BCUT2D eigenvalue weighted by Gasteiger charge is -2.26. The van der Waals surface area contributed by atoms with Crippen molar-refractivity contribution in [3.05, 3.63) is 35.9 Å². The minimum Gasteiger partial charge on any atom is -0.291 e. The summed E-state index contributed by atoms with van der Waals surface area (Å²) in [6, 6.07) is 7.70. The van der Waals surface area contributed by atoms with Crippen LogP contribution < -0.4 is 0 Å². The zero-order chi connectivity index (χ0) is 11.5. The highest BCUT2D eigenvalue weighted by Gasteiger charge is 2.38. The number of hydrogen-bond donors (Lipinski definition) is 0. The van der Waals surface area contributed by atoms with Gasteiger partial charge >= 0.3 is 6.18 Å². The standard InChI is InChI=1S/C11H14F3N/c1-9(11(12,13)14)15(2)8-10-6-4-3-5-7-10/h3-7,9H,8H2,1-2H3. The van der Waals surface area contributed by atoms with E-state index in [4.69, 9.17) is 0 Å². The predicted octanol–water partition coefficient (Wildman–Crippen LogP) is 3.07. The lowest BCUT2D eigenvalue weighted by molar-refractivity contribution is -0.176. The third kappa shape index (κ3) is 3.55. The van der Waals surface area contributed by atoms with Crippen LogP contribution in [0.2, 0.25) is 0 Å². The number of benzene rings is 1. The molecule has 15 heavy (non-hydrogen) atoms. The van der Waals surface area contributed by atoms with E-state index in [0.29, 0.717) is 6.54 Å². The highest BCUT2D eigenvalue weighted by atomic mass is 19.4. The number of alkyl halides is 3. The van der Waals surface area contributed by atoms with E-state index in [-0.39, 0.29) is 0 Å². The molecule has 0 aliphatic carbocycles. The Labute approximate surface area is 87.5 Å². The summed E-state index contributed by atoms with van der Waals surface area (Å²) in [7, 11) is 1.48. The zero-order valence-electron chi connectivity index (χ0n) is 8.75. The molecule has 0 fully saturated rings. The third-order valence-electron chi connectivity index (χ3n) is 2.41. The van der Waals surface area contributed by atoms with Crippen LogP contribution in [0, 0.1) is 0 Å². The molecule has 0 saturated heterocycles. The SMILES string of the molecule is CC(N(C)Cc1ccccc1)C(F)(F)F. The fraction of sp³-hybridized carbons (Fsp3) is 0.455. The second-order valence-corrected chi connectivity index (χ2v) is 3.62. The quantitative estimate of drug-likeness (QED) is 0.752. The monoisotopic (exact) mass is 217 g/mol. The molecule has 0 aliphatic rings. The first-order chi connectivity index (χ1) is 6.91. The summed E-state index contributed by atoms with van der Waals surface area (Å²) in [5.74, 6) is 0. The summed E-state index contributed by atoms with van der Waals surface area (Å²) in [5, 5.41) is 0. The van der Waals surface area contributed by atoms with Crippen molar-refractivity contribution in [2.75, 3.05) is 7.05 Å². The van der Waals surface area contributed by atoms with E-state index >= 15 is 0 Å². The molecule has 0 N–H and O–H groups in total. The molecule has 1 unspecified atom stereocenters. The van der Waals surface area contributed by atoms with Crippen LogP contribution in [0.5, 0.6) is 0 Å². The van der Waals surface area contributed by atoms with Gasteiger partial charge in [0, 0.05) is 6.54 Å². The molecule has 84 valence electrons. The Kier molecular flexibility index (Phi) is 3.74. The van der Waals surface area contributed by atoms with Crippen LogP contribution >= 0.6 is 0 Å². The third-order valence-corrected chi connectivity index (χ3v) is 2.41. The summed E-state index contributed by atoms with van der Waals surface area (Å²) in [6.45, 7) is 1.48. The van der Waals surface area contributed by atoms with Crippen LogP contribution in [0.15, 0.2) is 30.3 Å². The number of rotatable bonds is 3. The fourth-order valence-electron chi connectivity index (χ4n) is 1.26. The van der Waals surface area contributed by atoms with E-state index in [2.05, 4.69) is 0 Å². The highest BCUT2D eigenvalue weighted by molar-refractivity contribution is 5.14. The Balaban J connectivity index is 2.60. The first kappa shape index (κ1) is 12.0. The van der Waals surface area contributed by atoms with Crippen molar-refractivity contribution >= 4 is 0 Å². The molecule has 1 nitrogen and oxygen atoms in total. The molecule has 0 amide bonds. The molecule has 0 radical (unpaired) electrons. The van der Waals surface area contributed by atoms with Gasteiger partial charge in [-0.3, -0.25) is 4.90 Å². The topological polar surface area (TPSA) is 3.24 Å². The Bertz CT molecular complexity index is 294. The van der Waals surface area contributed by atoms with Gasteiger partial charge in [-0.05, 0) is 19.5 Å². The van der Waals surface area contributed by atoms with Crippen molar-refractivity contribution in [2.45, 2.75) is 25.7 Å². The lowest BCUT2D eigenvalue weighted by atomic mass is 10.2. The van der Waals surface area contributed by atoms with Gasteiger partial charge < -0.3 is 0 Å². The van der Waals surface area contributed by atoms with Gasteiger partial charge in [0.25, 0.3) is 0 Å². The van der Waals surface area contributed by atoms with Gasteiger partial charge in [-0.2, -0.15) is 13.2 Å². The van der Waals surface area contributed by atoms with Gasteiger partial charge in [-0.15, -0.1) is 0 Å². The van der Waals surface area contributed by atoms with Gasteiger partial charge in [-0.25, -0.2) is 0 Å². The van der Waals surface area contributed by atoms with Crippen LogP contribution in [-0.4, -0.2) is 24.2 Å². The number of halogens is 3. The summed E-state index contributed by atoms with van der Waals surface area (Å²) >= 11 is 0. The molecule has 1 aromatic rings. The number of nitrogens with zero attached hydrogens (tertiary/aromatic N) is 1. The minimum absolute atomic E-state index is 0.307. The molecule has 0 spiro atoms. The van der Waals surface area contributed by atoms with Crippen molar-refractivity contribution in [3.8, 4) is 0 Å². The first-order valence-electron chi connectivity index (χ1n) is 4.72. The molecular weight excluding hydrogens is 203 g/mol. The lowest BCUT2D eigenvalue weighted by Crippen LogP contribution is -2.40. The van der Waals surface area contributed by atoms with Crippen LogP contribution in [0.4, 0.5) is 13.2 Å². The van der Waals surface area contributed by atoms with Crippen molar-refractivity contribution in [1.82, 2.24) is 4.90 Å². The van der Waals surface area contributed by atoms with E-state index in [0.717, 1.165) is 5.56 Å². The van der Waals surface area contributed by atoms with Gasteiger partial charge in [0.05, 0.1) is 0 Å². The Morgan fingerprint density at radius 2 is 1.73 bits per heavy atom. The zero-order valence-corrected chi connectivity index (χ0v) is 8.75. The van der Waals surface area contributed by atoms with Crippen LogP contribution in [-0.2, 0) is 6.54 Å². The van der Waals surface area contributed by atoms with E-state index in [1.54, 1.807) is 0 Å². The molecule has 0 heterocycles. The van der Waals surface area contributed by atoms with Crippen LogP contribution in [0.1, 0.15) is 12.5 Å². The fourth-order valence-corrected chi connectivity index (χ4v) is 1.26. The molecule has 1 aromatic carbocycles. The highest BCUT2D eigenvalue weighted by Crippen LogP contribution is 2.24. The summed E-state index contributed by atoms with van der Waals surface area (Å²) in [6.07, 6.45) is -4.16. The molecule has 1 rings (SSSR count). The summed E-state index contributed by atoms with van der Waals surface area (Å²) in [4.78, 5) is 1.29. The van der Waals surface area contributed by atoms with Crippen molar-refractivity contribution in [2.24, 2.45) is 0 Å². The van der Waals surface area contributed by atoms with Crippen molar-refractivity contribution in [1.29, 1.82) is 0 Å². The molecule has 0 bridgehead atoms. The Hall–Kier alpha value is -1.03. The van der Waals surface area contributed by atoms with E-state index in [1.165, 1.54) is 18.9 Å². The summed E-state index contributed by atoms with van der Waals surface area (Å²) < 4.78 is 37.1. The molecular formula is C11H14F3N. The van der Waals surface area contributed by atoms with Gasteiger partial charge in [0.1, 0.15) is 6.04 Å². The molecule has 4 heteroatoms. The second kappa shape index (κ2) is 4.66. The van der Waals surface area contributed by atoms with Crippen LogP contribution in [0.3, 0.4) is 0 Å². The largest absolute Gasteiger partial charge is 0.403 e. The Morgan fingerprint density at radius 1 is 1.20 bits per heavy atom.